The molecule has 0 aliphatic carbocycles. The molecule has 0 aliphatic rings. The third-order valence-electron chi connectivity index (χ3n) is 4.80. The Morgan fingerprint density at radius 3 is 2.66 bits per heavy atom. The van der Waals surface area contributed by atoms with Gasteiger partial charge in [-0.1, -0.05) is 49.1 Å². The summed E-state index contributed by atoms with van der Waals surface area (Å²) in [6, 6.07) is 17.5. The number of nitrogens with zero attached hydrogens (tertiary/aromatic N) is 3. The third kappa shape index (κ3) is 3.71. The fourth-order valence-electron chi connectivity index (χ4n) is 3.43. The lowest BCUT2D eigenvalue weighted by atomic mass is 10.0. The lowest BCUT2D eigenvalue weighted by molar-refractivity contribution is 0.269. The Morgan fingerprint density at radius 2 is 1.90 bits per heavy atom. The van der Waals surface area contributed by atoms with E-state index in [-0.39, 0.29) is 12.2 Å². The molecule has 2 aromatic carbocycles. The van der Waals surface area contributed by atoms with Gasteiger partial charge in [0.2, 0.25) is 0 Å². The summed E-state index contributed by atoms with van der Waals surface area (Å²) in [6.07, 6.45) is 4.19. The molecule has 5 nitrogen and oxygen atoms in total. The normalized spacial score (nSPS) is 10.7. The van der Waals surface area contributed by atoms with Gasteiger partial charge in [0.1, 0.15) is 0 Å². The van der Waals surface area contributed by atoms with Crippen LogP contribution in [0.4, 0.5) is 0 Å². The van der Waals surface area contributed by atoms with Gasteiger partial charge in [-0.2, -0.15) is 5.10 Å². The standard InChI is InChI=1S/C24H21N3O2/c1-2-21-15-20-8-6-7-19(12-11-18-16-25-26(17-18)13-14-28)23(20)24(29)27(21)22-9-4-3-5-10-22/h3-10,15-17,28H,2,13-14H2,1H3. The molecule has 0 spiro atoms. The molecule has 0 saturated heterocycles. The maximum atomic E-state index is 13.5. The Morgan fingerprint density at radius 1 is 1.07 bits per heavy atom. The summed E-state index contributed by atoms with van der Waals surface area (Å²) in [4.78, 5) is 13.5. The molecule has 0 unspecified atom stereocenters. The van der Waals surface area contributed by atoms with Crippen LogP contribution in [0.2, 0.25) is 0 Å². The molecule has 4 aromatic rings. The predicted molar refractivity (Wildman–Crippen MR) is 114 cm³/mol. The number of pyridine rings is 1. The second-order valence-electron chi connectivity index (χ2n) is 6.70. The van der Waals surface area contributed by atoms with Crippen molar-refractivity contribution in [2.24, 2.45) is 0 Å². The smallest absolute Gasteiger partial charge is 0.264 e. The van der Waals surface area contributed by atoms with E-state index in [2.05, 4.69) is 23.0 Å². The van der Waals surface area contributed by atoms with Crippen LogP contribution in [-0.2, 0) is 13.0 Å². The highest BCUT2D eigenvalue weighted by atomic mass is 16.3. The summed E-state index contributed by atoms with van der Waals surface area (Å²) in [6.45, 7) is 2.50. The van der Waals surface area contributed by atoms with Crippen LogP contribution in [0.25, 0.3) is 16.5 Å². The number of aliphatic hydroxyl groups excluding tert-OH is 1. The SMILES string of the molecule is CCc1cc2cccc(C#Cc3cnn(CCO)c3)c2c(=O)n1-c1ccccc1. The molecule has 0 amide bonds. The largest absolute Gasteiger partial charge is 0.394 e. The van der Waals surface area contributed by atoms with E-state index in [0.717, 1.165) is 28.8 Å². The van der Waals surface area contributed by atoms with Gasteiger partial charge in [-0.3, -0.25) is 14.0 Å². The van der Waals surface area contributed by atoms with E-state index >= 15 is 0 Å². The second-order valence-corrected chi connectivity index (χ2v) is 6.70. The molecule has 0 radical (unpaired) electrons. The topological polar surface area (TPSA) is 60.0 Å². The zero-order chi connectivity index (χ0) is 20.2. The fourth-order valence-corrected chi connectivity index (χ4v) is 3.43. The molecule has 4 rings (SSSR count). The molecule has 0 bridgehead atoms. The maximum absolute atomic E-state index is 13.5. The van der Waals surface area contributed by atoms with Crippen LogP contribution in [-0.4, -0.2) is 26.1 Å². The fraction of sp³-hybridized carbons (Fsp3) is 0.167. The zero-order valence-electron chi connectivity index (χ0n) is 16.2. The lowest BCUT2D eigenvalue weighted by Crippen LogP contribution is -2.22. The third-order valence-corrected chi connectivity index (χ3v) is 4.80. The second kappa shape index (κ2) is 8.17. The molecule has 0 atom stereocenters. The average molecular weight is 383 g/mol. The molecule has 29 heavy (non-hydrogen) atoms. The van der Waals surface area contributed by atoms with Gasteiger partial charge >= 0.3 is 0 Å². The molecule has 1 N–H and O–H groups in total. The van der Waals surface area contributed by atoms with Crippen LogP contribution < -0.4 is 5.56 Å². The molecule has 0 fully saturated rings. The molecule has 2 heterocycles. The van der Waals surface area contributed by atoms with Crippen LogP contribution >= 0.6 is 0 Å². The summed E-state index contributed by atoms with van der Waals surface area (Å²) < 4.78 is 3.41. The summed E-state index contributed by atoms with van der Waals surface area (Å²) in [5, 5.41) is 14.7. The van der Waals surface area contributed by atoms with Crippen molar-refractivity contribution in [3.05, 3.63) is 94.2 Å². The Labute approximate surface area is 168 Å². The first-order valence-electron chi connectivity index (χ1n) is 9.59. The molecular weight excluding hydrogens is 362 g/mol. The summed E-state index contributed by atoms with van der Waals surface area (Å²) >= 11 is 0. The van der Waals surface area contributed by atoms with Crippen LogP contribution in [0.1, 0.15) is 23.7 Å². The number of aliphatic hydroxyl groups is 1. The first-order valence-corrected chi connectivity index (χ1v) is 9.59. The quantitative estimate of drug-likeness (QED) is 0.551. The monoisotopic (exact) mass is 383 g/mol. The van der Waals surface area contributed by atoms with Crippen molar-refractivity contribution in [2.75, 3.05) is 6.61 Å². The van der Waals surface area contributed by atoms with E-state index in [1.807, 2.05) is 55.5 Å². The van der Waals surface area contributed by atoms with Crippen molar-refractivity contribution in [1.82, 2.24) is 14.3 Å². The highest BCUT2D eigenvalue weighted by molar-refractivity contribution is 5.88. The van der Waals surface area contributed by atoms with Crippen molar-refractivity contribution < 1.29 is 5.11 Å². The van der Waals surface area contributed by atoms with Crippen molar-refractivity contribution in [3.63, 3.8) is 0 Å². The van der Waals surface area contributed by atoms with E-state index in [0.29, 0.717) is 17.5 Å². The summed E-state index contributed by atoms with van der Waals surface area (Å²) in [7, 11) is 0. The molecular formula is C24H21N3O2. The lowest BCUT2D eigenvalue weighted by Gasteiger charge is -2.14. The minimum atomic E-state index is -0.0635. The van der Waals surface area contributed by atoms with Gasteiger partial charge in [0.25, 0.3) is 5.56 Å². The van der Waals surface area contributed by atoms with Crippen molar-refractivity contribution in [1.29, 1.82) is 0 Å². The van der Waals surface area contributed by atoms with Crippen LogP contribution in [0.3, 0.4) is 0 Å². The van der Waals surface area contributed by atoms with Gasteiger partial charge in [0.05, 0.1) is 30.3 Å². The number of rotatable bonds is 4. The number of hydrogen-bond acceptors (Lipinski definition) is 3. The van der Waals surface area contributed by atoms with E-state index in [4.69, 9.17) is 5.11 Å². The van der Waals surface area contributed by atoms with Gasteiger partial charge in [-0.15, -0.1) is 0 Å². The van der Waals surface area contributed by atoms with Crippen molar-refractivity contribution >= 4 is 10.8 Å². The Hall–Kier alpha value is -3.62. The first-order chi connectivity index (χ1) is 14.2. The predicted octanol–water partition coefficient (Wildman–Crippen LogP) is 3.14. The van der Waals surface area contributed by atoms with E-state index in [1.54, 1.807) is 21.6 Å². The number of benzene rings is 2. The summed E-state index contributed by atoms with van der Waals surface area (Å²) in [5.74, 6) is 6.22. The molecule has 144 valence electrons. The summed E-state index contributed by atoms with van der Waals surface area (Å²) in [5.41, 5.74) is 3.18. The van der Waals surface area contributed by atoms with E-state index < -0.39 is 0 Å². The van der Waals surface area contributed by atoms with Gasteiger partial charge in [-0.05, 0) is 36.1 Å². The van der Waals surface area contributed by atoms with Crippen LogP contribution in [0.15, 0.2) is 71.8 Å². The van der Waals surface area contributed by atoms with Gasteiger partial charge in [0.15, 0.2) is 0 Å². The molecule has 5 heteroatoms. The van der Waals surface area contributed by atoms with Crippen molar-refractivity contribution in [3.8, 4) is 17.5 Å². The highest BCUT2D eigenvalue weighted by Crippen LogP contribution is 2.19. The number of fused-ring (bicyclic) bond motifs is 1. The average Bonchev–Trinajstić information content (AvgIpc) is 3.20. The molecule has 0 saturated carbocycles. The number of aryl methyl sites for hydroxylation is 1. The number of aromatic nitrogens is 3. The number of para-hydroxylation sites is 1. The highest BCUT2D eigenvalue weighted by Gasteiger charge is 2.12. The van der Waals surface area contributed by atoms with E-state index in [1.165, 1.54) is 0 Å². The Bertz CT molecular complexity index is 1270. The molecule has 2 aromatic heterocycles. The molecule has 0 aliphatic heterocycles. The Kier molecular flexibility index (Phi) is 5.28. The van der Waals surface area contributed by atoms with Gasteiger partial charge in [-0.25, -0.2) is 0 Å². The van der Waals surface area contributed by atoms with Crippen LogP contribution in [0, 0.1) is 11.8 Å². The maximum Gasteiger partial charge on any atom is 0.264 e. The number of hydrogen-bond donors (Lipinski definition) is 1. The van der Waals surface area contributed by atoms with Gasteiger partial charge < -0.3 is 5.11 Å². The minimum absolute atomic E-state index is 0.0245. The van der Waals surface area contributed by atoms with E-state index in [9.17, 15) is 4.79 Å². The van der Waals surface area contributed by atoms with Crippen LogP contribution in [0.5, 0.6) is 0 Å². The zero-order valence-corrected chi connectivity index (χ0v) is 16.2. The minimum Gasteiger partial charge on any atom is -0.394 e. The van der Waals surface area contributed by atoms with Crippen molar-refractivity contribution in [2.45, 2.75) is 19.9 Å². The van der Waals surface area contributed by atoms with Gasteiger partial charge in [0, 0.05) is 23.1 Å². The first kappa shape index (κ1) is 18.7. The Balaban J connectivity index is 1.88.